The van der Waals surface area contributed by atoms with Crippen LogP contribution in [0.5, 0.6) is 0 Å². The number of nitrogens with two attached hydrogens (primary N) is 2. The molecule has 0 aromatic heterocycles. The molecule has 5 N–H and O–H groups in total. The minimum absolute atomic E-state index is 0.282. The summed E-state index contributed by atoms with van der Waals surface area (Å²) in [7, 11) is 0. The lowest BCUT2D eigenvalue weighted by molar-refractivity contribution is 0.0696. The van der Waals surface area contributed by atoms with Crippen LogP contribution in [0.2, 0.25) is 0 Å². The van der Waals surface area contributed by atoms with E-state index in [9.17, 15) is 4.79 Å². The van der Waals surface area contributed by atoms with Crippen LogP contribution in [0, 0.1) is 0 Å². The summed E-state index contributed by atoms with van der Waals surface area (Å²) in [6, 6.07) is 6.87. The van der Waals surface area contributed by atoms with Crippen LogP contribution >= 0.6 is 0 Å². The molecule has 0 amide bonds. The maximum absolute atomic E-state index is 11.1. The summed E-state index contributed by atoms with van der Waals surface area (Å²) in [5.41, 5.74) is 12.5. The second-order valence-corrected chi connectivity index (χ2v) is 4.16. The molecule has 0 saturated heterocycles. The van der Waals surface area contributed by atoms with E-state index >= 15 is 0 Å². The largest absolute Gasteiger partial charge is 0.478 e. The third-order valence-electron chi connectivity index (χ3n) is 2.72. The Hall–Kier alpha value is -1.91. The van der Waals surface area contributed by atoms with Crippen LogP contribution in [0.15, 0.2) is 42.5 Å². The maximum Gasteiger partial charge on any atom is 0.336 e. The first-order valence-electron chi connectivity index (χ1n) is 5.29. The molecule has 0 radical (unpaired) electrons. The molecule has 4 nitrogen and oxygen atoms in total. The minimum Gasteiger partial charge on any atom is -0.478 e. The number of hydrogen-bond donors (Lipinski definition) is 3. The molecule has 88 valence electrons. The lowest BCUT2D eigenvalue weighted by Gasteiger charge is -2.23. The van der Waals surface area contributed by atoms with Gasteiger partial charge in [-0.25, -0.2) is 4.79 Å². The van der Waals surface area contributed by atoms with Gasteiger partial charge < -0.3 is 16.6 Å². The Kier molecular flexibility index (Phi) is 2.83. The van der Waals surface area contributed by atoms with E-state index < -0.39 is 11.6 Å². The number of allylic oxidation sites excluding steroid dienone is 2. The number of benzene rings is 1. The summed E-state index contributed by atoms with van der Waals surface area (Å²) in [6.45, 7) is 0. The van der Waals surface area contributed by atoms with Crippen LogP contribution in [0.25, 0.3) is 5.57 Å². The lowest BCUT2D eigenvalue weighted by Crippen LogP contribution is -2.47. The van der Waals surface area contributed by atoms with E-state index in [0.29, 0.717) is 12.0 Å². The van der Waals surface area contributed by atoms with Crippen molar-refractivity contribution in [1.82, 2.24) is 0 Å². The van der Waals surface area contributed by atoms with Crippen LogP contribution in [0.1, 0.15) is 22.3 Å². The van der Waals surface area contributed by atoms with Crippen LogP contribution in [0.3, 0.4) is 0 Å². The number of carbonyl (C=O) groups is 1. The summed E-state index contributed by atoms with van der Waals surface area (Å²) in [5.74, 6) is -0.938. The van der Waals surface area contributed by atoms with E-state index in [4.69, 9.17) is 16.6 Å². The van der Waals surface area contributed by atoms with Gasteiger partial charge in [0.25, 0.3) is 0 Å². The Morgan fingerprint density at radius 1 is 1.29 bits per heavy atom. The van der Waals surface area contributed by atoms with Gasteiger partial charge in [-0.1, -0.05) is 30.4 Å². The van der Waals surface area contributed by atoms with E-state index in [1.54, 1.807) is 30.4 Å². The highest BCUT2D eigenvalue weighted by Crippen LogP contribution is 2.25. The van der Waals surface area contributed by atoms with Crippen molar-refractivity contribution in [3.05, 3.63) is 53.6 Å². The Labute approximate surface area is 99.2 Å². The van der Waals surface area contributed by atoms with Crippen LogP contribution in [-0.4, -0.2) is 16.7 Å². The molecule has 2 rings (SSSR count). The smallest absolute Gasteiger partial charge is 0.336 e. The zero-order valence-corrected chi connectivity index (χ0v) is 9.26. The quantitative estimate of drug-likeness (QED) is 0.669. The van der Waals surface area contributed by atoms with Gasteiger partial charge in [-0.05, 0) is 23.3 Å². The maximum atomic E-state index is 11.1. The fraction of sp³-hybridized carbons (Fsp3) is 0.154. The standard InChI is InChI=1S/C13H14N2O2/c14-13(15)7-5-9(6-8-13)10-3-1-2-4-11(10)12(16)17/h1-7H,8,14-15H2,(H,16,17). The molecule has 0 unspecified atom stereocenters. The number of rotatable bonds is 2. The van der Waals surface area contributed by atoms with E-state index in [2.05, 4.69) is 0 Å². The molecule has 1 aromatic carbocycles. The van der Waals surface area contributed by atoms with Gasteiger partial charge in [0.2, 0.25) is 0 Å². The van der Waals surface area contributed by atoms with Gasteiger partial charge >= 0.3 is 5.97 Å². The second-order valence-electron chi connectivity index (χ2n) is 4.16. The first-order chi connectivity index (χ1) is 7.99. The molecule has 17 heavy (non-hydrogen) atoms. The molecule has 0 saturated carbocycles. The van der Waals surface area contributed by atoms with Gasteiger partial charge in [0.15, 0.2) is 0 Å². The van der Waals surface area contributed by atoms with Gasteiger partial charge in [0.05, 0.1) is 11.2 Å². The molecular formula is C13H14N2O2. The monoisotopic (exact) mass is 230 g/mol. The van der Waals surface area contributed by atoms with Crippen molar-refractivity contribution in [2.45, 2.75) is 12.1 Å². The summed E-state index contributed by atoms with van der Waals surface area (Å²) < 4.78 is 0. The predicted molar refractivity (Wildman–Crippen MR) is 66.2 cm³/mol. The van der Waals surface area contributed by atoms with E-state index in [1.165, 1.54) is 0 Å². The summed E-state index contributed by atoms with van der Waals surface area (Å²) in [6.07, 6.45) is 5.82. The van der Waals surface area contributed by atoms with E-state index in [-0.39, 0.29) is 5.56 Å². The molecule has 0 aliphatic heterocycles. The van der Waals surface area contributed by atoms with Crippen molar-refractivity contribution in [3.63, 3.8) is 0 Å². The van der Waals surface area contributed by atoms with Gasteiger partial charge in [0, 0.05) is 6.42 Å². The zero-order chi connectivity index (χ0) is 12.5. The van der Waals surface area contributed by atoms with Gasteiger partial charge in [0.1, 0.15) is 0 Å². The normalized spacial score (nSPS) is 17.6. The first-order valence-corrected chi connectivity index (χ1v) is 5.29. The Balaban J connectivity index is 2.40. The van der Waals surface area contributed by atoms with Gasteiger partial charge in [-0.3, -0.25) is 0 Å². The average molecular weight is 230 g/mol. The van der Waals surface area contributed by atoms with Crippen molar-refractivity contribution in [2.75, 3.05) is 0 Å². The van der Waals surface area contributed by atoms with E-state index in [0.717, 1.165) is 5.57 Å². The van der Waals surface area contributed by atoms with Crippen LogP contribution in [0.4, 0.5) is 0 Å². The van der Waals surface area contributed by atoms with Crippen molar-refractivity contribution >= 4 is 11.5 Å². The minimum atomic E-state index is -0.938. The molecule has 0 atom stereocenters. The number of carboxylic acid groups (broad SMARTS) is 1. The SMILES string of the molecule is NC1(N)C=CC(c2ccccc2C(=O)O)=CC1. The molecule has 1 aromatic rings. The lowest BCUT2D eigenvalue weighted by atomic mass is 9.91. The van der Waals surface area contributed by atoms with Gasteiger partial charge in [-0.2, -0.15) is 0 Å². The van der Waals surface area contributed by atoms with Crippen molar-refractivity contribution in [2.24, 2.45) is 11.5 Å². The van der Waals surface area contributed by atoms with Crippen molar-refractivity contribution in [1.29, 1.82) is 0 Å². The second kappa shape index (κ2) is 4.16. The highest BCUT2D eigenvalue weighted by Gasteiger charge is 2.19. The van der Waals surface area contributed by atoms with E-state index in [1.807, 2.05) is 12.1 Å². The summed E-state index contributed by atoms with van der Waals surface area (Å²) in [4.78, 5) is 11.1. The first kappa shape index (κ1) is 11.6. The highest BCUT2D eigenvalue weighted by atomic mass is 16.4. The number of hydrogen-bond acceptors (Lipinski definition) is 3. The zero-order valence-electron chi connectivity index (χ0n) is 9.26. The van der Waals surface area contributed by atoms with Crippen LogP contribution in [-0.2, 0) is 0 Å². The van der Waals surface area contributed by atoms with Crippen molar-refractivity contribution in [3.8, 4) is 0 Å². The predicted octanol–water partition coefficient (Wildman–Crippen LogP) is 1.34. The molecule has 0 spiro atoms. The Morgan fingerprint density at radius 3 is 2.59 bits per heavy atom. The van der Waals surface area contributed by atoms with Crippen LogP contribution < -0.4 is 11.5 Å². The fourth-order valence-corrected chi connectivity index (χ4v) is 1.79. The summed E-state index contributed by atoms with van der Waals surface area (Å²) >= 11 is 0. The molecule has 0 fully saturated rings. The molecule has 0 heterocycles. The topological polar surface area (TPSA) is 89.3 Å². The fourth-order valence-electron chi connectivity index (χ4n) is 1.79. The van der Waals surface area contributed by atoms with Crippen molar-refractivity contribution < 1.29 is 9.90 Å². The highest BCUT2D eigenvalue weighted by molar-refractivity contribution is 5.95. The average Bonchev–Trinajstić information content (AvgIpc) is 2.29. The molecule has 0 bridgehead atoms. The van der Waals surface area contributed by atoms with Gasteiger partial charge in [-0.15, -0.1) is 0 Å². The third kappa shape index (κ3) is 2.43. The molecule has 1 aliphatic carbocycles. The number of aromatic carboxylic acids is 1. The number of carboxylic acids is 1. The Morgan fingerprint density at radius 2 is 2.00 bits per heavy atom. The Bertz CT molecular complexity index is 516. The molecule has 4 heteroatoms. The molecular weight excluding hydrogens is 216 g/mol. The molecule has 1 aliphatic rings. The third-order valence-corrected chi connectivity index (χ3v) is 2.72. The summed E-state index contributed by atoms with van der Waals surface area (Å²) in [5, 5.41) is 9.10.